The van der Waals surface area contributed by atoms with Crippen molar-refractivity contribution in [2.75, 3.05) is 32.9 Å². The van der Waals surface area contributed by atoms with Crippen LogP contribution in [0.3, 0.4) is 0 Å². The Morgan fingerprint density at radius 1 is 1.07 bits per heavy atom. The second kappa shape index (κ2) is 8.21. The maximum Gasteiger partial charge on any atom is 0.0707 e. The maximum atomic E-state index is 5.52. The number of ether oxygens (including phenoxy) is 2. The highest BCUT2D eigenvalue weighted by Gasteiger charge is 2.08. The summed E-state index contributed by atoms with van der Waals surface area (Å²) in [4.78, 5) is 0. The largest absolute Gasteiger partial charge is 0.379 e. The summed E-state index contributed by atoms with van der Waals surface area (Å²) in [6.45, 7) is 12.5. The van der Waals surface area contributed by atoms with Crippen molar-refractivity contribution in [3.63, 3.8) is 0 Å². The van der Waals surface area contributed by atoms with Crippen molar-refractivity contribution < 1.29 is 9.47 Å². The van der Waals surface area contributed by atoms with Crippen molar-refractivity contribution >= 4 is 0 Å². The molecule has 0 atom stereocenters. The van der Waals surface area contributed by atoms with Crippen molar-refractivity contribution in [1.29, 1.82) is 0 Å². The minimum Gasteiger partial charge on any atom is -0.379 e. The molecule has 0 spiro atoms. The van der Waals surface area contributed by atoms with E-state index in [-0.39, 0.29) is 5.60 Å². The van der Waals surface area contributed by atoms with Gasteiger partial charge in [-0.3, -0.25) is 0 Å². The normalized spacial score (nSPS) is 12.0. The average Bonchev–Trinajstić information content (AvgIpc) is 2.08. The van der Waals surface area contributed by atoms with Crippen LogP contribution in [0.1, 0.15) is 34.1 Å². The summed E-state index contributed by atoms with van der Waals surface area (Å²) in [5.74, 6) is 0. The van der Waals surface area contributed by atoms with E-state index in [0.29, 0.717) is 13.2 Å². The highest BCUT2D eigenvalue weighted by molar-refractivity contribution is 4.57. The summed E-state index contributed by atoms with van der Waals surface area (Å²) in [7, 11) is 0. The highest BCUT2D eigenvalue weighted by atomic mass is 16.5. The van der Waals surface area contributed by atoms with Gasteiger partial charge in [0.25, 0.3) is 0 Å². The minimum absolute atomic E-state index is 0.0485. The summed E-state index contributed by atoms with van der Waals surface area (Å²) in [6.07, 6.45) is 1.07. The second-order valence-corrected chi connectivity index (χ2v) is 4.28. The van der Waals surface area contributed by atoms with E-state index in [2.05, 4.69) is 33.0 Å². The third-order valence-electron chi connectivity index (χ3n) is 1.65. The Bertz CT molecular complexity index is 121. The first kappa shape index (κ1) is 13.9. The molecule has 0 saturated heterocycles. The molecule has 0 radical (unpaired) electrons. The van der Waals surface area contributed by atoms with Crippen LogP contribution in [0.15, 0.2) is 0 Å². The van der Waals surface area contributed by atoms with Gasteiger partial charge in [-0.05, 0) is 40.3 Å². The van der Waals surface area contributed by atoms with Gasteiger partial charge < -0.3 is 14.8 Å². The summed E-state index contributed by atoms with van der Waals surface area (Å²) in [6, 6.07) is 0. The van der Waals surface area contributed by atoms with E-state index in [9.17, 15) is 0 Å². The Morgan fingerprint density at radius 2 is 1.79 bits per heavy atom. The topological polar surface area (TPSA) is 30.5 Å². The molecule has 0 aromatic rings. The van der Waals surface area contributed by atoms with Crippen molar-refractivity contribution in [3.05, 3.63) is 0 Å². The molecule has 0 unspecified atom stereocenters. The molecule has 0 amide bonds. The van der Waals surface area contributed by atoms with E-state index in [0.717, 1.165) is 26.1 Å². The number of hydrogen-bond acceptors (Lipinski definition) is 3. The average molecular weight is 203 g/mol. The summed E-state index contributed by atoms with van der Waals surface area (Å²) >= 11 is 0. The van der Waals surface area contributed by atoms with Crippen molar-refractivity contribution in [2.45, 2.75) is 39.7 Å². The first-order valence-corrected chi connectivity index (χ1v) is 5.48. The molecule has 0 aliphatic rings. The fourth-order valence-electron chi connectivity index (χ4n) is 0.985. The molecular weight excluding hydrogens is 178 g/mol. The summed E-state index contributed by atoms with van der Waals surface area (Å²) in [5.41, 5.74) is -0.0485. The number of rotatable bonds is 8. The molecular formula is C11H25NO2. The van der Waals surface area contributed by atoms with Gasteiger partial charge in [-0.1, -0.05) is 6.92 Å². The van der Waals surface area contributed by atoms with Gasteiger partial charge >= 0.3 is 0 Å². The van der Waals surface area contributed by atoms with Gasteiger partial charge in [-0.2, -0.15) is 0 Å². The third kappa shape index (κ3) is 11.9. The lowest BCUT2D eigenvalue weighted by atomic mass is 10.2. The van der Waals surface area contributed by atoms with Crippen LogP contribution in [0, 0.1) is 0 Å². The van der Waals surface area contributed by atoms with E-state index in [1.54, 1.807) is 0 Å². The fourth-order valence-corrected chi connectivity index (χ4v) is 0.985. The van der Waals surface area contributed by atoms with E-state index in [1.165, 1.54) is 0 Å². The van der Waals surface area contributed by atoms with E-state index in [1.807, 2.05) is 0 Å². The summed E-state index contributed by atoms with van der Waals surface area (Å²) in [5, 5.41) is 3.25. The van der Waals surface area contributed by atoms with Crippen LogP contribution in [-0.2, 0) is 9.47 Å². The Balaban J connectivity index is 2.99. The van der Waals surface area contributed by atoms with Gasteiger partial charge in [0.2, 0.25) is 0 Å². The van der Waals surface area contributed by atoms with Crippen molar-refractivity contribution in [2.24, 2.45) is 0 Å². The molecule has 1 N–H and O–H groups in total. The monoisotopic (exact) mass is 203 g/mol. The predicted molar refractivity (Wildman–Crippen MR) is 59.7 cm³/mol. The van der Waals surface area contributed by atoms with Crippen molar-refractivity contribution in [1.82, 2.24) is 5.32 Å². The Hall–Kier alpha value is -0.120. The van der Waals surface area contributed by atoms with Gasteiger partial charge in [0.1, 0.15) is 0 Å². The molecule has 0 heterocycles. The van der Waals surface area contributed by atoms with Crippen LogP contribution in [0.25, 0.3) is 0 Å². The maximum absolute atomic E-state index is 5.52. The SMILES string of the molecule is CCNCCCOCCOC(C)(C)C. The van der Waals surface area contributed by atoms with Gasteiger partial charge in [0.05, 0.1) is 18.8 Å². The molecule has 0 aromatic heterocycles. The van der Waals surface area contributed by atoms with Crippen molar-refractivity contribution in [3.8, 4) is 0 Å². The lowest BCUT2D eigenvalue weighted by Gasteiger charge is -2.19. The molecule has 0 rings (SSSR count). The Kier molecular flexibility index (Phi) is 8.14. The molecule has 0 aliphatic heterocycles. The molecule has 0 bridgehead atoms. The minimum atomic E-state index is -0.0485. The summed E-state index contributed by atoms with van der Waals surface area (Å²) < 4.78 is 10.9. The molecule has 14 heavy (non-hydrogen) atoms. The smallest absolute Gasteiger partial charge is 0.0707 e. The number of nitrogens with one attached hydrogen (secondary N) is 1. The van der Waals surface area contributed by atoms with E-state index in [4.69, 9.17) is 9.47 Å². The van der Waals surface area contributed by atoms with Gasteiger partial charge in [-0.25, -0.2) is 0 Å². The first-order valence-electron chi connectivity index (χ1n) is 5.48. The van der Waals surface area contributed by atoms with Gasteiger partial charge in [-0.15, -0.1) is 0 Å². The zero-order chi connectivity index (χ0) is 10.9. The molecule has 0 aliphatic carbocycles. The molecule has 0 saturated carbocycles. The standard InChI is InChI=1S/C11H25NO2/c1-5-12-7-6-8-13-9-10-14-11(2,3)4/h12H,5-10H2,1-4H3. The van der Waals surface area contributed by atoms with Crippen LogP contribution in [0.5, 0.6) is 0 Å². The van der Waals surface area contributed by atoms with Crippen LogP contribution in [-0.4, -0.2) is 38.5 Å². The number of hydrogen-bond donors (Lipinski definition) is 1. The van der Waals surface area contributed by atoms with Crippen LogP contribution in [0.2, 0.25) is 0 Å². The van der Waals surface area contributed by atoms with Crippen LogP contribution >= 0.6 is 0 Å². The molecule has 0 fully saturated rings. The molecule has 3 nitrogen and oxygen atoms in total. The lowest BCUT2D eigenvalue weighted by molar-refractivity contribution is -0.0349. The predicted octanol–water partition coefficient (Wildman–Crippen LogP) is 1.82. The second-order valence-electron chi connectivity index (χ2n) is 4.28. The highest BCUT2D eigenvalue weighted by Crippen LogP contribution is 2.05. The Morgan fingerprint density at radius 3 is 2.36 bits per heavy atom. The van der Waals surface area contributed by atoms with Gasteiger partial charge in [0.15, 0.2) is 0 Å². The quantitative estimate of drug-likeness (QED) is 0.610. The zero-order valence-corrected chi connectivity index (χ0v) is 10.1. The van der Waals surface area contributed by atoms with E-state index < -0.39 is 0 Å². The fraction of sp³-hybridized carbons (Fsp3) is 1.00. The van der Waals surface area contributed by atoms with E-state index >= 15 is 0 Å². The first-order chi connectivity index (χ1) is 6.56. The third-order valence-corrected chi connectivity index (χ3v) is 1.65. The van der Waals surface area contributed by atoms with Crippen LogP contribution < -0.4 is 5.32 Å². The van der Waals surface area contributed by atoms with Gasteiger partial charge in [0, 0.05) is 6.61 Å². The Labute approximate surface area is 88.2 Å². The molecule has 0 aromatic carbocycles. The van der Waals surface area contributed by atoms with Crippen LogP contribution in [0.4, 0.5) is 0 Å². The lowest BCUT2D eigenvalue weighted by Crippen LogP contribution is -2.22. The molecule has 3 heteroatoms. The zero-order valence-electron chi connectivity index (χ0n) is 10.1. The molecule has 86 valence electrons.